The molecule has 3 aromatic rings. The molecule has 1 aliphatic rings. The van der Waals surface area contributed by atoms with E-state index in [4.69, 9.17) is 0 Å². The average Bonchev–Trinajstić information content (AvgIpc) is 3.10. The first-order chi connectivity index (χ1) is 11.7. The first kappa shape index (κ1) is 14.9. The number of fused-ring (bicyclic) bond motifs is 1. The van der Waals surface area contributed by atoms with Crippen molar-refractivity contribution in [3.63, 3.8) is 0 Å². The molecule has 7 heteroatoms. The van der Waals surface area contributed by atoms with Gasteiger partial charge in [0.2, 0.25) is 0 Å². The number of hydrogen-bond donors (Lipinski definition) is 1. The zero-order valence-corrected chi connectivity index (χ0v) is 14.0. The van der Waals surface area contributed by atoms with Gasteiger partial charge in [-0.2, -0.15) is 0 Å². The summed E-state index contributed by atoms with van der Waals surface area (Å²) in [5.41, 5.74) is 1.90. The van der Waals surface area contributed by atoms with E-state index in [0.717, 1.165) is 54.3 Å². The van der Waals surface area contributed by atoms with E-state index in [-0.39, 0.29) is 0 Å². The Kier molecular flexibility index (Phi) is 3.76. The monoisotopic (exact) mass is 323 g/mol. The van der Waals surface area contributed by atoms with Crippen molar-refractivity contribution in [2.75, 3.05) is 29.9 Å². The van der Waals surface area contributed by atoms with Gasteiger partial charge < -0.3 is 14.8 Å². The standard InChI is InChI=1S/C17H21N7/c1-12-9-15(20-10-19-12)23(2)13-4-7-24(8-5-13)17-14-3-6-18-16(14)21-11-22-17/h3,6,9-11,13H,4-5,7-8H2,1-2H3,(H,18,21,22). The van der Waals surface area contributed by atoms with Crippen LogP contribution in [0.1, 0.15) is 18.5 Å². The maximum Gasteiger partial charge on any atom is 0.142 e. The van der Waals surface area contributed by atoms with Crippen LogP contribution in [0.5, 0.6) is 0 Å². The quantitative estimate of drug-likeness (QED) is 0.796. The van der Waals surface area contributed by atoms with Crippen molar-refractivity contribution in [2.45, 2.75) is 25.8 Å². The first-order valence-electron chi connectivity index (χ1n) is 8.27. The van der Waals surface area contributed by atoms with Crippen LogP contribution in [-0.4, -0.2) is 51.1 Å². The number of aromatic amines is 1. The van der Waals surface area contributed by atoms with Crippen LogP contribution in [0.25, 0.3) is 11.0 Å². The second kappa shape index (κ2) is 6.07. The minimum absolute atomic E-state index is 0.485. The molecule has 0 spiro atoms. The van der Waals surface area contributed by atoms with Gasteiger partial charge >= 0.3 is 0 Å². The van der Waals surface area contributed by atoms with Crippen LogP contribution < -0.4 is 9.80 Å². The van der Waals surface area contributed by atoms with E-state index in [1.807, 2.05) is 25.3 Å². The lowest BCUT2D eigenvalue weighted by Gasteiger charge is -2.37. The highest BCUT2D eigenvalue weighted by Gasteiger charge is 2.25. The topological polar surface area (TPSA) is 73.8 Å². The molecule has 0 saturated carbocycles. The number of anilines is 2. The summed E-state index contributed by atoms with van der Waals surface area (Å²) in [6.45, 7) is 3.96. The molecule has 1 fully saturated rings. The molecule has 1 aliphatic heterocycles. The molecule has 4 heterocycles. The number of hydrogen-bond acceptors (Lipinski definition) is 6. The summed E-state index contributed by atoms with van der Waals surface area (Å²) in [5.74, 6) is 2.02. The Bertz CT molecular complexity index is 836. The summed E-state index contributed by atoms with van der Waals surface area (Å²) >= 11 is 0. The number of nitrogens with zero attached hydrogens (tertiary/aromatic N) is 6. The van der Waals surface area contributed by atoms with Gasteiger partial charge in [-0.15, -0.1) is 0 Å². The molecular formula is C17H21N7. The van der Waals surface area contributed by atoms with Crippen molar-refractivity contribution in [1.29, 1.82) is 0 Å². The Labute approximate surface area is 140 Å². The smallest absolute Gasteiger partial charge is 0.142 e. The fourth-order valence-corrected chi connectivity index (χ4v) is 3.40. The number of nitrogens with one attached hydrogen (secondary N) is 1. The van der Waals surface area contributed by atoms with E-state index < -0.39 is 0 Å². The van der Waals surface area contributed by atoms with Crippen LogP contribution >= 0.6 is 0 Å². The Morgan fingerprint density at radius 1 is 1.12 bits per heavy atom. The lowest BCUT2D eigenvalue weighted by molar-refractivity contribution is 0.478. The lowest BCUT2D eigenvalue weighted by atomic mass is 10.0. The van der Waals surface area contributed by atoms with Crippen molar-refractivity contribution in [1.82, 2.24) is 24.9 Å². The molecule has 1 N–H and O–H groups in total. The summed E-state index contributed by atoms with van der Waals surface area (Å²) in [7, 11) is 2.12. The van der Waals surface area contributed by atoms with Crippen LogP contribution in [0.4, 0.5) is 11.6 Å². The average molecular weight is 323 g/mol. The summed E-state index contributed by atoms with van der Waals surface area (Å²) in [4.78, 5) is 25.1. The predicted octanol–water partition coefficient (Wildman–Crippen LogP) is 2.16. The third-order valence-electron chi connectivity index (χ3n) is 4.80. The molecule has 24 heavy (non-hydrogen) atoms. The molecular weight excluding hydrogens is 302 g/mol. The van der Waals surface area contributed by atoms with Gasteiger partial charge in [0.1, 0.15) is 29.9 Å². The molecule has 0 unspecified atom stereocenters. The van der Waals surface area contributed by atoms with Crippen LogP contribution in [0, 0.1) is 6.92 Å². The van der Waals surface area contributed by atoms with Crippen LogP contribution in [-0.2, 0) is 0 Å². The number of piperidine rings is 1. The lowest BCUT2D eigenvalue weighted by Crippen LogP contribution is -2.44. The van der Waals surface area contributed by atoms with Gasteiger partial charge in [0.25, 0.3) is 0 Å². The van der Waals surface area contributed by atoms with E-state index in [2.05, 4.69) is 41.8 Å². The zero-order chi connectivity index (χ0) is 16.5. The Hall–Kier alpha value is -2.70. The van der Waals surface area contributed by atoms with Crippen LogP contribution in [0.3, 0.4) is 0 Å². The number of rotatable bonds is 3. The van der Waals surface area contributed by atoms with Gasteiger partial charge in [-0.25, -0.2) is 19.9 Å². The second-order valence-corrected chi connectivity index (χ2v) is 6.28. The fraction of sp³-hybridized carbons (Fsp3) is 0.412. The SMILES string of the molecule is Cc1cc(N(C)C2CCN(c3ncnc4[nH]ccc34)CC2)ncn1. The molecule has 7 nitrogen and oxygen atoms in total. The number of aromatic nitrogens is 5. The maximum atomic E-state index is 4.50. The fourth-order valence-electron chi connectivity index (χ4n) is 3.40. The maximum absolute atomic E-state index is 4.50. The Morgan fingerprint density at radius 2 is 1.92 bits per heavy atom. The zero-order valence-electron chi connectivity index (χ0n) is 14.0. The minimum atomic E-state index is 0.485. The van der Waals surface area contributed by atoms with Gasteiger partial charge in [-0.3, -0.25) is 0 Å². The first-order valence-corrected chi connectivity index (χ1v) is 8.27. The van der Waals surface area contributed by atoms with Gasteiger partial charge in [-0.05, 0) is 25.8 Å². The molecule has 0 aromatic carbocycles. The van der Waals surface area contributed by atoms with Crippen LogP contribution in [0.15, 0.2) is 31.0 Å². The molecule has 0 atom stereocenters. The van der Waals surface area contributed by atoms with E-state index in [1.165, 1.54) is 0 Å². The third kappa shape index (κ3) is 2.66. The van der Waals surface area contributed by atoms with E-state index in [1.54, 1.807) is 12.7 Å². The van der Waals surface area contributed by atoms with E-state index in [9.17, 15) is 0 Å². The summed E-state index contributed by atoms with van der Waals surface area (Å²) in [6.07, 6.45) is 7.35. The summed E-state index contributed by atoms with van der Waals surface area (Å²) in [6, 6.07) is 4.58. The van der Waals surface area contributed by atoms with Crippen molar-refractivity contribution in [3.8, 4) is 0 Å². The Morgan fingerprint density at radius 3 is 2.71 bits per heavy atom. The van der Waals surface area contributed by atoms with Gasteiger partial charge in [0.15, 0.2) is 0 Å². The second-order valence-electron chi connectivity index (χ2n) is 6.28. The van der Waals surface area contributed by atoms with E-state index in [0.29, 0.717) is 6.04 Å². The molecule has 4 rings (SSSR count). The largest absolute Gasteiger partial charge is 0.356 e. The molecule has 3 aromatic heterocycles. The highest BCUT2D eigenvalue weighted by Crippen LogP contribution is 2.27. The third-order valence-corrected chi connectivity index (χ3v) is 4.80. The van der Waals surface area contributed by atoms with Crippen molar-refractivity contribution in [2.24, 2.45) is 0 Å². The van der Waals surface area contributed by atoms with Crippen LogP contribution in [0.2, 0.25) is 0 Å². The van der Waals surface area contributed by atoms with Crippen molar-refractivity contribution >= 4 is 22.7 Å². The Balaban J connectivity index is 1.48. The highest BCUT2D eigenvalue weighted by molar-refractivity contribution is 5.87. The van der Waals surface area contributed by atoms with Crippen molar-refractivity contribution in [3.05, 3.63) is 36.7 Å². The normalized spacial score (nSPS) is 15.8. The van der Waals surface area contributed by atoms with Crippen molar-refractivity contribution < 1.29 is 0 Å². The number of aryl methyl sites for hydroxylation is 1. The van der Waals surface area contributed by atoms with Gasteiger partial charge in [0.05, 0.1) is 5.39 Å². The summed E-state index contributed by atoms with van der Waals surface area (Å²) < 4.78 is 0. The van der Waals surface area contributed by atoms with E-state index >= 15 is 0 Å². The predicted molar refractivity (Wildman–Crippen MR) is 94.3 cm³/mol. The van der Waals surface area contributed by atoms with Gasteiger partial charge in [0, 0.05) is 44.1 Å². The molecule has 1 saturated heterocycles. The van der Waals surface area contributed by atoms with Gasteiger partial charge in [-0.1, -0.05) is 0 Å². The molecule has 0 radical (unpaired) electrons. The molecule has 124 valence electrons. The summed E-state index contributed by atoms with van der Waals surface area (Å²) in [5, 5.41) is 1.09. The molecule has 0 bridgehead atoms. The molecule has 0 amide bonds. The molecule has 0 aliphatic carbocycles. The highest BCUT2D eigenvalue weighted by atomic mass is 15.2. The number of H-pyrrole nitrogens is 1. The minimum Gasteiger partial charge on any atom is -0.356 e.